The van der Waals surface area contributed by atoms with Crippen LogP contribution < -0.4 is 10.1 Å². The molecule has 1 heterocycles. The Hall–Kier alpha value is -2.01. The van der Waals surface area contributed by atoms with Crippen molar-refractivity contribution < 1.29 is 9.53 Å². The molecule has 0 unspecified atom stereocenters. The van der Waals surface area contributed by atoms with Crippen molar-refractivity contribution in [3.63, 3.8) is 0 Å². The molecule has 2 rings (SSSR count). The molecule has 0 saturated carbocycles. The van der Waals surface area contributed by atoms with E-state index in [1.165, 1.54) is 0 Å². The monoisotopic (exact) mass is 321 g/mol. The largest absolute Gasteiger partial charge is 0.490 e. The predicted octanol–water partition coefficient (Wildman–Crippen LogP) is 3.23. The van der Waals surface area contributed by atoms with Crippen LogP contribution in [0.2, 0.25) is 5.02 Å². The molecule has 0 atom stereocenters. The number of benzene rings is 1. The van der Waals surface area contributed by atoms with E-state index >= 15 is 0 Å². The molecule has 0 aliphatic rings. The highest BCUT2D eigenvalue weighted by molar-refractivity contribution is 6.32. The quantitative estimate of drug-likeness (QED) is 0.831. The average molecular weight is 322 g/mol. The number of carbonyl (C=O) groups is 1. The Morgan fingerprint density at radius 1 is 1.41 bits per heavy atom. The van der Waals surface area contributed by atoms with Gasteiger partial charge in [-0.3, -0.25) is 9.48 Å². The van der Waals surface area contributed by atoms with Gasteiger partial charge in [-0.25, -0.2) is 0 Å². The number of para-hydroxylation sites is 1. The minimum Gasteiger partial charge on any atom is -0.490 e. The van der Waals surface area contributed by atoms with Gasteiger partial charge in [0.2, 0.25) is 0 Å². The van der Waals surface area contributed by atoms with Gasteiger partial charge in [-0.15, -0.1) is 0 Å². The molecule has 1 amide bonds. The molecule has 22 heavy (non-hydrogen) atoms. The molecule has 2 aromatic rings. The summed E-state index contributed by atoms with van der Waals surface area (Å²) in [5.74, 6) is 0.446. The third-order valence-corrected chi connectivity index (χ3v) is 3.47. The van der Waals surface area contributed by atoms with E-state index in [9.17, 15) is 4.79 Å². The zero-order chi connectivity index (χ0) is 16.1. The van der Waals surface area contributed by atoms with Crippen molar-refractivity contribution in [1.82, 2.24) is 15.1 Å². The summed E-state index contributed by atoms with van der Waals surface area (Å²) in [5, 5.41) is 7.57. The SMILES string of the molecule is Cc1cccc(Cl)c1OCCNC(=O)c1ccn(C(C)C)n1. The van der Waals surface area contributed by atoms with E-state index in [1.807, 2.05) is 32.9 Å². The molecule has 6 heteroatoms. The van der Waals surface area contributed by atoms with Gasteiger partial charge < -0.3 is 10.1 Å². The van der Waals surface area contributed by atoms with Crippen LogP contribution in [0.1, 0.15) is 35.9 Å². The number of amides is 1. The van der Waals surface area contributed by atoms with Crippen LogP contribution in [-0.4, -0.2) is 28.8 Å². The summed E-state index contributed by atoms with van der Waals surface area (Å²) in [6, 6.07) is 7.51. The van der Waals surface area contributed by atoms with E-state index < -0.39 is 0 Å². The third kappa shape index (κ3) is 4.01. The van der Waals surface area contributed by atoms with Crippen LogP contribution in [0, 0.1) is 6.92 Å². The van der Waals surface area contributed by atoms with Crippen molar-refractivity contribution in [1.29, 1.82) is 0 Å². The van der Waals surface area contributed by atoms with E-state index in [1.54, 1.807) is 23.0 Å². The second kappa shape index (κ2) is 7.31. The maximum atomic E-state index is 12.0. The molecule has 0 saturated heterocycles. The van der Waals surface area contributed by atoms with Crippen molar-refractivity contribution in [3.05, 3.63) is 46.7 Å². The highest BCUT2D eigenvalue weighted by Crippen LogP contribution is 2.27. The van der Waals surface area contributed by atoms with E-state index in [2.05, 4.69) is 10.4 Å². The highest BCUT2D eigenvalue weighted by Gasteiger charge is 2.10. The second-order valence-corrected chi connectivity index (χ2v) is 5.67. The maximum absolute atomic E-state index is 12.0. The molecule has 0 aliphatic carbocycles. The minimum absolute atomic E-state index is 0.209. The highest BCUT2D eigenvalue weighted by atomic mass is 35.5. The van der Waals surface area contributed by atoms with Gasteiger partial charge in [-0.05, 0) is 38.5 Å². The molecule has 0 fully saturated rings. The standard InChI is InChI=1S/C16H20ClN3O2/c1-11(2)20-9-7-14(19-20)16(21)18-8-10-22-15-12(3)5-4-6-13(15)17/h4-7,9,11H,8,10H2,1-3H3,(H,18,21). The smallest absolute Gasteiger partial charge is 0.271 e. The Kier molecular flexibility index (Phi) is 5.44. The lowest BCUT2D eigenvalue weighted by atomic mass is 10.2. The first-order valence-electron chi connectivity index (χ1n) is 7.20. The van der Waals surface area contributed by atoms with Crippen LogP contribution >= 0.6 is 11.6 Å². The molecule has 0 aliphatic heterocycles. The molecule has 0 spiro atoms. The first-order chi connectivity index (χ1) is 10.5. The number of halogens is 1. The van der Waals surface area contributed by atoms with Crippen molar-refractivity contribution >= 4 is 17.5 Å². The molecule has 118 valence electrons. The summed E-state index contributed by atoms with van der Waals surface area (Å²) < 4.78 is 7.37. The van der Waals surface area contributed by atoms with E-state index in [4.69, 9.17) is 16.3 Å². The predicted molar refractivity (Wildman–Crippen MR) is 86.6 cm³/mol. The molecular formula is C16H20ClN3O2. The normalized spacial score (nSPS) is 10.8. The number of ether oxygens (including phenoxy) is 1. The molecule has 1 N–H and O–H groups in total. The first-order valence-corrected chi connectivity index (χ1v) is 7.58. The minimum atomic E-state index is -0.209. The summed E-state index contributed by atoms with van der Waals surface area (Å²) in [4.78, 5) is 12.0. The fourth-order valence-electron chi connectivity index (χ4n) is 1.95. The van der Waals surface area contributed by atoms with Gasteiger partial charge >= 0.3 is 0 Å². The first kappa shape index (κ1) is 16.4. The van der Waals surface area contributed by atoms with E-state index in [-0.39, 0.29) is 11.9 Å². The van der Waals surface area contributed by atoms with Crippen LogP contribution in [0.15, 0.2) is 30.5 Å². The summed E-state index contributed by atoms with van der Waals surface area (Å²) >= 11 is 6.07. The maximum Gasteiger partial charge on any atom is 0.271 e. The summed E-state index contributed by atoms with van der Waals surface area (Å²) in [6.45, 7) is 6.68. The van der Waals surface area contributed by atoms with Crippen molar-refractivity contribution in [2.24, 2.45) is 0 Å². The molecule has 5 nitrogen and oxygen atoms in total. The van der Waals surface area contributed by atoms with Gasteiger partial charge in [0.25, 0.3) is 5.91 Å². The molecule has 0 radical (unpaired) electrons. The van der Waals surface area contributed by atoms with Crippen LogP contribution in [0.3, 0.4) is 0 Å². The number of nitrogens with zero attached hydrogens (tertiary/aromatic N) is 2. The summed E-state index contributed by atoms with van der Waals surface area (Å²) in [7, 11) is 0. The van der Waals surface area contributed by atoms with Gasteiger partial charge in [0.05, 0.1) is 11.6 Å². The van der Waals surface area contributed by atoms with Crippen molar-refractivity contribution in [2.75, 3.05) is 13.2 Å². The summed E-state index contributed by atoms with van der Waals surface area (Å²) in [5.41, 5.74) is 1.37. The fraction of sp³-hybridized carbons (Fsp3) is 0.375. The van der Waals surface area contributed by atoms with Crippen LogP contribution in [-0.2, 0) is 0 Å². The summed E-state index contributed by atoms with van der Waals surface area (Å²) in [6.07, 6.45) is 1.79. The van der Waals surface area contributed by atoms with Gasteiger partial charge in [0, 0.05) is 12.2 Å². The average Bonchev–Trinajstić information content (AvgIpc) is 2.96. The van der Waals surface area contributed by atoms with Crippen molar-refractivity contribution in [2.45, 2.75) is 26.8 Å². The Balaban J connectivity index is 1.82. The number of hydrogen-bond acceptors (Lipinski definition) is 3. The van der Waals surface area contributed by atoms with E-state index in [0.29, 0.717) is 29.6 Å². The number of aromatic nitrogens is 2. The fourth-order valence-corrected chi connectivity index (χ4v) is 2.23. The number of rotatable bonds is 6. The van der Waals surface area contributed by atoms with Gasteiger partial charge in [-0.1, -0.05) is 23.7 Å². The second-order valence-electron chi connectivity index (χ2n) is 5.26. The molecule has 0 bridgehead atoms. The van der Waals surface area contributed by atoms with Crippen LogP contribution in [0.4, 0.5) is 0 Å². The number of carbonyl (C=O) groups excluding carboxylic acids is 1. The lowest BCUT2D eigenvalue weighted by Gasteiger charge is -2.11. The lowest BCUT2D eigenvalue weighted by Crippen LogP contribution is -2.28. The molecule has 1 aromatic carbocycles. The number of hydrogen-bond donors (Lipinski definition) is 1. The Morgan fingerprint density at radius 2 is 2.18 bits per heavy atom. The lowest BCUT2D eigenvalue weighted by molar-refractivity contribution is 0.0941. The zero-order valence-corrected chi connectivity index (χ0v) is 13.7. The van der Waals surface area contributed by atoms with Gasteiger partial charge in [0.15, 0.2) is 0 Å². The number of nitrogens with one attached hydrogen (secondary N) is 1. The van der Waals surface area contributed by atoms with Crippen LogP contribution in [0.25, 0.3) is 0 Å². The Bertz CT molecular complexity index is 632. The van der Waals surface area contributed by atoms with Crippen LogP contribution in [0.5, 0.6) is 5.75 Å². The third-order valence-electron chi connectivity index (χ3n) is 3.17. The van der Waals surface area contributed by atoms with Gasteiger partial charge in [0.1, 0.15) is 18.1 Å². The molecular weight excluding hydrogens is 302 g/mol. The number of aryl methyl sites for hydroxylation is 1. The Morgan fingerprint density at radius 3 is 2.82 bits per heavy atom. The topological polar surface area (TPSA) is 56.1 Å². The van der Waals surface area contributed by atoms with Crippen molar-refractivity contribution in [3.8, 4) is 5.75 Å². The van der Waals surface area contributed by atoms with E-state index in [0.717, 1.165) is 5.56 Å². The zero-order valence-electron chi connectivity index (χ0n) is 13.0. The molecule has 1 aromatic heterocycles. The van der Waals surface area contributed by atoms with Gasteiger partial charge in [-0.2, -0.15) is 5.10 Å². The Labute approximate surface area is 135 Å².